The fourth-order valence-corrected chi connectivity index (χ4v) is 3.25. The van der Waals surface area contributed by atoms with Gasteiger partial charge in [-0.1, -0.05) is 0 Å². The Labute approximate surface area is 119 Å². The SMILES string of the molecule is COC(=O)c1nn(CCC2CCCO2)c2c1CCCC2. The average molecular weight is 278 g/mol. The number of carbonyl (C=O) groups excluding carboxylic acids is 1. The summed E-state index contributed by atoms with van der Waals surface area (Å²) in [4.78, 5) is 11.8. The average Bonchev–Trinajstić information content (AvgIpc) is 3.12. The van der Waals surface area contributed by atoms with Gasteiger partial charge in [0.05, 0.1) is 13.2 Å². The molecule has 0 N–H and O–H groups in total. The molecule has 2 aliphatic rings. The van der Waals surface area contributed by atoms with E-state index in [-0.39, 0.29) is 5.97 Å². The molecule has 3 rings (SSSR count). The van der Waals surface area contributed by atoms with Gasteiger partial charge in [-0.3, -0.25) is 4.68 Å². The molecule has 5 heteroatoms. The normalized spacial score (nSPS) is 21.8. The largest absolute Gasteiger partial charge is 0.464 e. The fraction of sp³-hybridized carbons (Fsp3) is 0.733. The molecule has 1 unspecified atom stereocenters. The lowest BCUT2D eigenvalue weighted by Gasteiger charge is -2.15. The van der Waals surface area contributed by atoms with Crippen molar-refractivity contribution in [1.82, 2.24) is 9.78 Å². The molecule has 0 radical (unpaired) electrons. The van der Waals surface area contributed by atoms with E-state index < -0.39 is 0 Å². The van der Waals surface area contributed by atoms with Crippen molar-refractivity contribution in [2.45, 2.75) is 57.6 Å². The van der Waals surface area contributed by atoms with Crippen LogP contribution in [0.2, 0.25) is 0 Å². The molecule has 0 spiro atoms. The highest BCUT2D eigenvalue weighted by Crippen LogP contribution is 2.26. The van der Waals surface area contributed by atoms with Gasteiger partial charge in [-0.25, -0.2) is 4.79 Å². The van der Waals surface area contributed by atoms with E-state index in [0.29, 0.717) is 11.8 Å². The number of esters is 1. The Morgan fingerprint density at radius 3 is 3.00 bits per heavy atom. The summed E-state index contributed by atoms with van der Waals surface area (Å²) in [5.74, 6) is -0.306. The second kappa shape index (κ2) is 5.95. The lowest BCUT2D eigenvalue weighted by atomic mass is 9.95. The number of fused-ring (bicyclic) bond motifs is 1. The standard InChI is InChI=1S/C15H22N2O3/c1-19-15(18)14-12-6-2-3-7-13(12)17(16-14)9-8-11-5-4-10-20-11/h11H,2-10H2,1H3. The van der Waals surface area contributed by atoms with Crippen molar-refractivity contribution in [1.29, 1.82) is 0 Å². The number of carbonyl (C=O) groups is 1. The van der Waals surface area contributed by atoms with Crippen LogP contribution in [0.25, 0.3) is 0 Å². The minimum Gasteiger partial charge on any atom is -0.464 e. The third-order valence-electron chi connectivity index (χ3n) is 4.32. The maximum Gasteiger partial charge on any atom is 0.358 e. The number of aryl methyl sites for hydroxylation is 1. The molecule has 0 amide bonds. The van der Waals surface area contributed by atoms with Gasteiger partial charge in [0.25, 0.3) is 0 Å². The summed E-state index contributed by atoms with van der Waals surface area (Å²) in [6, 6.07) is 0. The van der Waals surface area contributed by atoms with Crippen LogP contribution in [0.5, 0.6) is 0 Å². The van der Waals surface area contributed by atoms with Gasteiger partial charge < -0.3 is 9.47 Å². The van der Waals surface area contributed by atoms with Crippen molar-refractivity contribution in [2.75, 3.05) is 13.7 Å². The first-order valence-corrected chi connectivity index (χ1v) is 7.58. The summed E-state index contributed by atoms with van der Waals surface area (Å²) < 4.78 is 12.5. The molecule has 1 atom stereocenters. The van der Waals surface area contributed by atoms with Gasteiger partial charge in [0, 0.05) is 24.4 Å². The van der Waals surface area contributed by atoms with Crippen LogP contribution in [0.15, 0.2) is 0 Å². The number of rotatable bonds is 4. The first-order valence-electron chi connectivity index (χ1n) is 7.58. The highest BCUT2D eigenvalue weighted by atomic mass is 16.5. The Morgan fingerprint density at radius 2 is 2.25 bits per heavy atom. The number of ether oxygens (including phenoxy) is 2. The third-order valence-corrected chi connectivity index (χ3v) is 4.32. The van der Waals surface area contributed by atoms with Gasteiger partial charge >= 0.3 is 5.97 Å². The number of nitrogens with zero attached hydrogens (tertiary/aromatic N) is 2. The van der Waals surface area contributed by atoms with Gasteiger partial charge in [0.15, 0.2) is 5.69 Å². The van der Waals surface area contributed by atoms with E-state index in [2.05, 4.69) is 5.10 Å². The van der Waals surface area contributed by atoms with Crippen LogP contribution < -0.4 is 0 Å². The summed E-state index contributed by atoms with van der Waals surface area (Å²) in [6.07, 6.45) is 7.93. The molecule has 1 aromatic heterocycles. The summed E-state index contributed by atoms with van der Waals surface area (Å²) in [7, 11) is 1.42. The molecule has 2 heterocycles. The number of hydrogen-bond donors (Lipinski definition) is 0. The van der Waals surface area contributed by atoms with E-state index in [1.54, 1.807) is 0 Å². The van der Waals surface area contributed by atoms with Crippen LogP contribution in [0.4, 0.5) is 0 Å². The quantitative estimate of drug-likeness (QED) is 0.792. The Kier molecular flexibility index (Phi) is 4.05. The molecule has 5 nitrogen and oxygen atoms in total. The van der Waals surface area contributed by atoms with Crippen molar-refractivity contribution >= 4 is 5.97 Å². The number of methoxy groups -OCH3 is 1. The highest BCUT2D eigenvalue weighted by molar-refractivity contribution is 5.89. The van der Waals surface area contributed by atoms with Crippen LogP contribution in [-0.4, -0.2) is 35.6 Å². The summed E-state index contributed by atoms with van der Waals surface area (Å²) in [5.41, 5.74) is 2.86. The molecule has 1 saturated heterocycles. The van der Waals surface area contributed by atoms with Crippen LogP contribution in [0.1, 0.15) is 53.8 Å². The van der Waals surface area contributed by atoms with E-state index in [4.69, 9.17) is 9.47 Å². The molecular formula is C15H22N2O3. The summed E-state index contributed by atoms with van der Waals surface area (Å²) >= 11 is 0. The van der Waals surface area contributed by atoms with Gasteiger partial charge in [-0.15, -0.1) is 0 Å². The molecule has 0 bridgehead atoms. The molecule has 1 aliphatic carbocycles. The predicted octanol–water partition coefficient (Wildman–Crippen LogP) is 2.12. The monoisotopic (exact) mass is 278 g/mol. The van der Waals surface area contributed by atoms with Gasteiger partial charge in [-0.05, 0) is 44.9 Å². The van der Waals surface area contributed by atoms with Crippen molar-refractivity contribution < 1.29 is 14.3 Å². The van der Waals surface area contributed by atoms with Crippen molar-refractivity contribution in [3.63, 3.8) is 0 Å². The highest BCUT2D eigenvalue weighted by Gasteiger charge is 2.26. The molecule has 0 aromatic carbocycles. The maximum absolute atomic E-state index is 11.8. The topological polar surface area (TPSA) is 53.3 Å². The lowest BCUT2D eigenvalue weighted by Crippen LogP contribution is -2.14. The number of hydrogen-bond acceptors (Lipinski definition) is 4. The van der Waals surface area contributed by atoms with E-state index in [1.807, 2.05) is 4.68 Å². The van der Waals surface area contributed by atoms with Gasteiger partial charge in [-0.2, -0.15) is 5.10 Å². The molecule has 20 heavy (non-hydrogen) atoms. The molecule has 1 fully saturated rings. The third kappa shape index (κ3) is 2.59. The zero-order valence-electron chi connectivity index (χ0n) is 12.1. The second-order valence-corrected chi connectivity index (χ2v) is 5.62. The van der Waals surface area contributed by atoms with Crippen LogP contribution in [0.3, 0.4) is 0 Å². The van der Waals surface area contributed by atoms with Gasteiger partial charge in [0.2, 0.25) is 0 Å². The molecule has 1 aliphatic heterocycles. The molecule has 0 saturated carbocycles. The van der Waals surface area contributed by atoms with Crippen molar-refractivity contribution in [3.8, 4) is 0 Å². The van der Waals surface area contributed by atoms with E-state index >= 15 is 0 Å². The molecular weight excluding hydrogens is 256 g/mol. The Bertz CT molecular complexity index is 490. The summed E-state index contributed by atoms with van der Waals surface area (Å²) in [5, 5.41) is 4.51. The maximum atomic E-state index is 11.8. The smallest absolute Gasteiger partial charge is 0.358 e. The van der Waals surface area contributed by atoms with Crippen LogP contribution in [-0.2, 0) is 28.9 Å². The first kappa shape index (κ1) is 13.6. The van der Waals surface area contributed by atoms with E-state index in [1.165, 1.54) is 19.2 Å². The predicted molar refractivity (Wildman–Crippen MR) is 73.8 cm³/mol. The molecule has 1 aromatic rings. The zero-order chi connectivity index (χ0) is 13.9. The lowest BCUT2D eigenvalue weighted by molar-refractivity contribution is 0.0591. The van der Waals surface area contributed by atoms with Crippen LogP contribution >= 0.6 is 0 Å². The van der Waals surface area contributed by atoms with E-state index in [9.17, 15) is 4.79 Å². The fourth-order valence-electron chi connectivity index (χ4n) is 3.25. The van der Waals surface area contributed by atoms with Crippen LogP contribution in [0, 0.1) is 0 Å². The zero-order valence-corrected chi connectivity index (χ0v) is 12.1. The summed E-state index contributed by atoms with van der Waals surface area (Å²) in [6.45, 7) is 1.72. The van der Waals surface area contributed by atoms with Crippen molar-refractivity contribution in [2.24, 2.45) is 0 Å². The molecule has 110 valence electrons. The van der Waals surface area contributed by atoms with E-state index in [0.717, 1.165) is 57.2 Å². The van der Waals surface area contributed by atoms with Crippen molar-refractivity contribution in [3.05, 3.63) is 17.0 Å². The minimum absolute atomic E-state index is 0.306. The first-order chi connectivity index (χ1) is 9.79. The van der Waals surface area contributed by atoms with Gasteiger partial charge in [0.1, 0.15) is 0 Å². The Balaban J connectivity index is 1.78. The Morgan fingerprint density at radius 1 is 1.40 bits per heavy atom. The minimum atomic E-state index is -0.306. The second-order valence-electron chi connectivity index (χ2n) is 5.62. The Hall–Kier alpha value is -1.36. The number of aromatic nitrogens is 2.